The second kappa shape index (κ2) is 5.16. The van der Waals surface area contributed by atoms with Crippen LogP contribution in [0.15, 0.2) is 4.99 Å². The van der Waals surface area contributed by atoms with E-state index in [2.05, 4.69) is 18.8 Å². The van der Waals surface area contributed by atoms with Gasteiger partial charge in [0.15, 0.2) is 0 Å². The molecule has 0 heterocycles. The third-order valence-electron chi connectivity index (χ3n) is 0.590. The molecule has 0 N–H and O–H groups in total. The van der Waals surface area contributed by atoms with Crippen molar-refractivity contribution in [2.45, 2.75) is 26.0 Å². The summed E-state index contributed by atoms with van der Waals surface area (Å²) < 4.78 is 0. The molecular weight excluding hydrogens is 118 g/mol. The largest absolute Gasteiger partial charge is 0.287 e. The van der Waals surface area contributed by atoms with E-state index in [0.717, 1.165) is 6.54 Å². The molecule has 48 valence electrons. The minimum absolute atomic E-state index is 0.672. The van der Waals surface area contributed by atoms with Gasteiger partial charge in [0.2, 0.25) is 0 Å². The molecule has 1 nitrogen and oxygen atoms in total. The van der Waals surface area contributed by atoms with Crippen molar-refractivity contribution in [2.24, 2.45) is 4.99 Å². The van der Waals surface area contributed by atoms with Gasteiger partial charge in [-0.25, -0.2) is 0 Å². The van der Waals surface area contributed by atoms with E-state index < -0.39 is 0 Å². The first kappa shape index (κ1) is 8.02. The Bertz CT molecular complexity index is 68.9. The van der Waals surface area contributed by atoms with Crippen LogP contribution in [0, 0.1) is 0 Å². The van der Waals surface area contributed by atoms with Crippen molar-refractivity contribution in [3.8, 4) is 0 Å². The zero-order valence-corrected chi connectivity index (χ0v) is 6.53. The second-order valence-electron chi connectivity index (χ2n) is 1.79. The fourth-order valence-electron chi connectivity index (χ4n) is 0.239. The van der Waals surface area contributed by atoms with Crippen LogP contribution in [0.1, 0.15) is 20.8 Å². The minimum Gasteiger partial charge on any atom is -0.287 e. The summed E-state index contributed by atoms with van der Waals surface area (Å²) in [5, 5.41) is 0.672. The molecule has 0 atom stereocenters. The Hall–Kier alpha value is 0.0200. The lowest BCUT2D eigenvalue weighted by Crippen LogP contribution is -1.84. The minimum atomic E-state index is 0.672. The summed E-state index contributed by atoms with van der Waals surface area (Å²) in [4.78, 5) is 4.05. The summed E-state index contributed by atoms with van der Waals surface area (Å²) >= 11 is 1.76. The molecule has 0 aliphatic rings. The van der Waals surface area contributed by atoms with E-state index in [9.17, 15) is 0 Å². The van der Waals surface area contributed by atoms with Gasteiger partial charge >= 0.3 is 0 Å². The summed E-state index contributed by atoms with van der Waals surface area (Å²) in [5.41, 5.74) is 1.92. The highest BCUT2D eigenvalue weighted by molar-refractivity contribution is 8.12. The number of hydrogen-bond acceptors (Lipinski definition) is 2. The topological polar surface area (TPSA) is 12.4 Å². The summed E-state index contributed by atoms with van der Waals surface area (Å²) in [6.45, 7) is 7.26. The molecule has 0 unspecified atom stereocenters. The number of aliphatic imine (C=N–C) groups is 1. The van der Waals surface area contributed by atoms with Crippen molar-refractivity contribution in [1.29, 1.82) is 0 Å². The molecule has 0 saturated carbocycles. The van der Waals surface area contributed by atoms with E-state index in [1.54, 1.807) is 11.8 Å². The van der Waals surface area contributed by atoms with Crippen molar-refractivity contribution in [2.75, 3.05) is 6.54 Å². The smallest absolute Gasteiger partial charge is 0.0543 e. The molecule has 0 radical (unpaired) electrons. The highest BCUT2D eigenvalue weighted by atomic mass is 32.2. The monoisotopic (exact) mass is 131 g/mol. The van der Waals surface area contributed by atoms with E-state index in [1.807, 2.05) is 12.5 Å². The number of hydrogen-bond donors (Lipinski definition) is 0. The van der Waals surface area contributed by atoms with Gasteiger partial charge in [-0.15, -0.1) is 11.8 Å². The van der Waals surface area contributed by atoms with E-state index in [-0.39, 0.29) is 0 Å². The molecule has 0 fully saturated rings. The van der Waals surface area contributed by atoms with Crippen LogP contribution >= 0.6 is 11.8 Å². The fourth-order valence-corrected chi connectivity index (χ4v) is 0.718. The molecule has 0 saturated heterocycles. The highest BCUT2D eigenvalue weighted by Crippen LogP contribution is 2.03. The van der Waals surface area contributed by atoms with Crippen LogP contribution in [-0.4, -0.2) is 17.3 Å². The molecule has 0 aromatic heterocycles. The maximum absolute atomic E-state index is 4.05. The van der Waals surface area contributed by atoms with Crippen molar-refractivity contribution in [3.63, 3.8) is 0 Å². The Morgan fingerprint density at radius 2 is 2.25 bits per heavy atom. The van der Waals surface area contributed by atoms with Crippen LogP contribution in [0.25, 0.3) is 0 Å². The maximum Gasteiger partial charge on any atom is 0.0543 e. The molecular formula is C6H13NS. The molecule has 0 aromatic rings. The van der Waals surface area contributed by atoms with Crippen molar-refractivity contribution in [3.05, 3.63) is 0 Å². The fraction of sp³-hybridized carbons (Fsp3) is 0.833. The van der Waals surface area contributed by atoms with Gasteiger partial charge in [0.1, 0.15) is 0 Å². The lowest BCUT2D eigenvalue weighted by molar-refractivity contribution is 1.12. The molecule has 0 bridgehead atoms. The molecule has 0 spiro atoms. The van der Waals surface area contributed by atoms with Gasteiger partial charge in [-0.05, 0) is 6.92 Å². The SMILES string of the molecule is CCN=CSC(C)C. The second-order valence-corrected chi connectivity index (χ2v) is 3.21. The van der Waals surface area contributed by atoms with Crippen LogP contribution in [0.4, 0.5) is 0 Å². The number of thioether (sulfide) groups is 1. The zero-order valence-electron chi connectivity index (χ0n) is 5.72. The van der Waals surface area contributed by atoms with Crippen LogP contribution in [0.3, 0.4) is 0 Å². The van der Waals surface area contributed by atoms with Crippen LogP contribution in [0.2, 0.25) is 0 Å². The van der Waals surface area contributed by atoms with Crippen molar-refractivity contribution >= 4 is 17.3 Å². The third-order valence-corrected chi connectivity index (χ3v) is 1.41. The first-order valence-electron chi connectivity index (χ1n) is 2.91. The Balaban J connectivity index is 3.03. The summed E-state index contributed by atoms with van der Waals surface area (Å²) in [6, 6.07) is 0. The zero-order chi connectivity index (χ0) is 6.41. The molecule has 0 aliphatic heterocycles. The average Bonchev–Trinajstić information content (AvgIpc) is 1.66. The number of rotatable bonds is 3. The molecule has 0 amide bonds. The van der Waals surface area contributed by atoms with E-state index in [1.165, 1.54) is 0 Å². The first-order valence-corrected chi connectivity index (χ1v) is 3.85. The Kier molecular flexibility index (Phi) is 5.18. The molecule has 0 aliphatic carbocycles. The van der Waals surface area contributed by atoms with Gasteiger partial charge < -0.3 is 0 Å². The van der Waals surface area contributed by atoms with Crippen molar-refractivity contribution in [1.82, 2.24) is 0 Å². The van der Waals surface area contributed by atoms with Gasteiger partial charge in [0.25, 0.3) is 0 Å². The average molecular weight is 131 g/mol. The standard InChI is InChI=1S/C6H13NS/c1-4-7-5-8-6(2)3/h5-6H,4H2,1-3H3. The van der Waals surface area contributed by atoms with Crippen LogP contribution in [0.5, 0.6) is 0 Å². The molecule has 0 rings (SSSR count). The molecule has 8 heavy (non-hydrogen) atoms. The van der Waals surface area contributed by atoms with Crippen molar-refractivity contribution < 1.29 is 0 Å². The summed E-state index contributed by atoms with van der Waals surface area (Å²) in [6.07, 6.45) is 0. The van der Waals surface area contributed by atoms with E-state index >= 15 is 0 Å². The molecule has 0 aromatic carbocycles. The highest BCUT2D eigenvalue weighted by Gasteiger charge is 1.85. The summed E-state index contributed by atoms with van der Waals surface area (Å²) in [5.74, 6) is 0. The molecule has 2 heteroatoms. The quantitative estimate of drug-likeness (QED) is 0.422. The summed E-state index contributed by atoms with van der Waals surface area (Å²) in [7, 11) is 0. The first-order chi connectivity index (χ1) is 3.77. The third kappa shape index (κ3) is 6.02. The van der Waals surface area contributed by atoms with E-state index in [0.29, 0.717) is 5.25 Å². The Morgan fingerprint density at radius 3 is 2.62 bits per heavy atom. The Morgan fingerprint density at radius 1 is 1.62 bits per heavy atom. The van der Waals surface area contributed by atoms with E-state index in [4.69, 9.17) is 0 Å². The number of nitrogens with zero attached hydrogens (tertiary/aromatic N) is 1. The predicted molar refractivity (Wildman–Crippen MR) is 41.8 cm³/mol. The van der Waals surface area contributed by atoms with Gasteiger partial charge in [-0.2, -0.15) is 0 Å². The predicted octanol–water partition coefficient (Wildman–Crippen LogP) is 2.18. The lowest BCUT2D eigenvalue weighted by atomic mass is 10.6. The van der Waals surface area contributed by atoms with Gasteiger partial charge in [-0.3, -0.25) is 4.99 Å². The Labute approximate surface area is 55.6 Å². The maximum atomic E-state index is 4.05. The van der Waals surface area contributed by atoms with Crippen LogP contribution < -0.4 is 0 Å². The lowest BCUT2D eigenvalue weighted by Gasteiger charge is -1.93. The normalized spacial score (nSPS) is 11.5. The van der Waals surface area contributed by atoms with Gasteiger partial charge in [0, 0.05) is 11.8 Å². The van der Waals surface area contributed by atoms with Gasteiger partial charge in [-0.1, -0.05) is 13.8 Å². The van der Waals surface area contributed by atoms with Gasteiger partial charge in [0.05, 0.1) is 5.55 Å². The van der Waals surface area contributed by atoms with Crippen LogP contribution in [-0.2, 0) is 0 Å².